The summed E-state index contributed by atoms with van der Waals surface area (Å²) in [4.78, 5) is 23.8. The lowest BCUT2D eigenvalue weighted by atomic mass is 9.91. The molecule has 0 amide bonds. The van der Waals surface area contributed by atoms with Gasteiger partial charge in [0.2, 0.25) is 0 Å². The SMILES string of the molecule is CC(C(=O)c1ccccc1)/C(=C\c1cccc(F)c1)C(=O)O. The molecule has 0 aliphatic rings. The zero-order chi connectivity index (χ0) is 16.1. The second-order valence-corrected chi connectivity index (χ2v) is 4.91. The van der Waals surface area contributed by atoms with Crippen LogP contribution in [-0.4, -0.2) is 16.9 Å². The number of hydrogen-bond donors (Lipinski definition) is 1. The van der Waals surface area contributed by atoms with E-state index in [1.54, 1.807) is 36.4 Å². The zero-order valence-electron chi connectivity index (χ0n) is 12.0. The van der Waals surface area contributed by atoms with Crippen LogP contribution in [0, 0.1) is 11.7 Å². The number of Topliss-reactive ketones (excluding diaryl/α,β-unsaturated/α-hetero) is 1. The van der Waals surface area contributed by atoms with Gasteiger partial charge in [-0.05, 0) is 23.8 Å². The summed E-state index contributed by atoms with van der Waals surface area (Å²) in [6.45, 7) is 1.54. The van der Waals surface area contributed by atoms with Gasteiger partial charge in [-0.3, -0.25) is 4.79 Å². The molecule has 2 aromatic rings. The maximum absolute atomic E-state index is 13.2. The summed E-state index contributed by atoms with van der Waals surface area (Å²) in [5, 5.41) is 9.36. The molecule has 2 aromatic carbocycles. The Morgan fingerprint density at radius 3 is 2.36 bits per heavy atom. The number of benzene rings is 2. The Bertz CT molecular complexity index is 720. The van der Waals surface area contributed by atoms with Crippen LogP contribution in [0.3, 0.4) is 0 Å². The number of hydrogen-bond acceptors (Lipinski definition) is 2. The van der Waals surface area contributed by atoms with Crippen molar-refractivity contribution >= 4 is 17.8 Å². The molecule has 2 rings (SSSR count). The molecule has 22 heavy (non-hydrogen) atoms. The van der Waals surface area contributed by atoms with Crippen molar-refractivity contribution in [1.29, 1.82) is 0 Å². The van der Waals surface area contributed by atoms with E-state index >= 15 is 0 Å². The van der Waals surface area contributed by atoms with Crippen molar-refractivity contribution in [3.63, 3.8) is 0 Å². The number of rotatable bonds is 5. The lowest BCUT2D eigenvalue weighted by Gasteiger charge is -2.12. The number of carbonyl (C=O) groups is 2. The van der Waals surface area contributed by atoms with E-state index in [2.05, 4.69) is 0 Å². The van der Waals surface area contributed by atoms with Gasteiger partial charge in [0.15, 0.2) is 5.78 Å². The van der Waals surface area contributed by atoms with Crippen molar-refractivity contribution < 1.29 is 19.1 Å². The lowest BCUT2D eigenvalue weighted by molar-refractivity contribution is -0.133. The largest absolute Gasteiger partial charge is 0.478 e. The summed E-state index contributed by atoms with van der Waals surface area (Å²) >= 11 is 0. The Hall–Kier alpha value is -2.75. The molecule has 0 bridgehead atoms. The summed E-state index contributed by atoms with van der Waals surface area (Å²) in [5.74, 6) is -2.77. The molecule has 0 aliphatic carbocycles. The summed E-state index contributed by atoms with van der Waals surface area (Å²) in [5.41, 5.74) is 0.783. The highest BCUT2D eigenvalue weighted by Crippen LogP contribution is 2.20. The van der Waals surface area contributed by atoms with Crippen molar-refractivity contribution in [2.75, 3.05) is 0 Å². The lowest BCUT2D eigenvalue weighted by Crippen LogP contribution is -2.19. The summed E-state index contributed by atoms with van der Waals surface area (Å²) < 4.78 is 13.2. The fraction of sp³-hybridized carbons (Fsp3) is 0.111. The number of aliphatic carboxylic acids is 1. The number of carboxylic acids is 1. The van der Waals surface area contributed by atoms with Crippen LogP contribution in [0.2, 0.25) is 0 Å². The van der Waals surface area contributed by atoms with Crippen molar-refractivity contribution in [3.05, 3.63) is 77.1 Å². The third kappa shape index (κ3) is 3.67. The van der Waals surface area contributed by atoms with Crippen LogP contribution in [0.1, 0.15) is 22.8 Å². The highest BCUT2D eigenvalue weighted by atomic mass is 19.1. The first-order valence-electron chi connectivity index (χ1n) is 6.78. The predicted molar refractivity (Wildman–Crippen MR) is 81.9 cm³/mol. The van der Waals surface area contributed by atoms with Gasteiger partial charge in [-0.25, -0.2) is 9.18 Å². The quantitative estimate of drug-likeness (QED) is 0.674. The molecule has 0 aromatic heterocycles. The van der Waals surface area contributed by atoms with Crippen LogP contribution in [0.4, 0.5) is 4.39 Å². The molecule has 0 saturated heterocycles. The first-order valence-corrected chi connectivity index (χ1v) is 6.78. The second kappa shape index (κ2) is 6.80. The maximum atomic E-state index is 13.2. The van der Waals surface area contributed by atoms with E-state index in [0.29, 0.717) is 11.1 Å². The average molecular weight is 298 g/mol. The smallest absolute Gasteiger partial charge is 0.332 e. The molecule has 1 atom stereocenters. The molecule has 0 spiro atoms. The predicted octanol–water partition coefficient (Wildman–Crippen LogP) is 3.81. The molecule has 112 valence electrons. The van der Waals surface area contributed by atoms with E-state index in [4.69, 9.17) is 0 Å². The van der Waals surface area contributed by atoms with Gasteiger partial charge in [0.1, 0.15) is 5.82 Å². The average Bonchev–Trinajstić information content (AvgIpc) is 2.52. The molecule has 1 N–H and O–H groups in total. The van der Waals surface area contributed by atoms with Gasteiger partial charge in [0.05, 0.1) is 5.92 Å². The molecule has 0 heterocycles. The Kier molecular flexibility index (Phi) is 4.84. The summed E-state index contributed by atoms with van der Waals surface area (Å²) in [6, 6.07) is 14.1. The zero-order valence-corrected chi connectivity index (χ0v) is 12.0. The third-order valence-corrected chi connectivity index (χ3v) is 3.34. The monoisotopic (exact) mass is 298 g/mol. The van der Waals surface area contributed by atoms with Crippen molar-refractivity contribution in [3.8, 4) is 0 Å². The molecular weight excluding hydrogens is 283 g/mol. The number of ketones is 1. The maximum Gasteiger partial charge on any atom is 0.332 e. The third-order valence-electron chi connectivity index (χ3n) is 3.34. The van der Waals surface area contributed by atoms with Crippen LogP contribution in [0.15, 0.2) is 60.2 Å². The van der Waals surface area contributed by atoms with Crippen molar-refractivity contribution in [2.24, 2.45) is 5.92 Å². The highest BCUT2D eigenvalue weighted by molar-refractivity contribution is 6.06. The minimum absolute atomic E-state index is 0.0700. The van der Waals surface area contributed by atoms with Crippen LogP contribution >= 0.6 is 0 Å². The van der Waals surface area contributed by atoms with Crippen molar-refractivity contribution in [2.45, 2.75) is 6.92 Å². The minimum Gasteiger partial charge on any atom is -0.478 e. The minimum atomic E-state index is -1.19. The van der Waals surface area contributed by atoms with Gasteiger partial charge in [0, 0.05) is 11.1 Å². The van der Waals surface area contributed by atoms with E-state index in [0.717, 1.165) is 0 Å². The van der Waals surface area contributed by atoms with E-state index < -0.39 is 17.7 Å². The Morgan fingerprint density at radius 2 is 1.77 bits per heavy atom. The Morgan fingerprint density at radius 1 is 1.09 bits per heavy atom. The fourth-order valence-corrected chi connectivity index (χ4v) is 2.14. The van der Waals surface area contributed by atoms with Crippen LogP contribution < -0.4 is 0 Å². The standard InChI is InChI=1S/C18H15FO3/c1-12(17(20)14-7-3-2-4-8-14)16(18(21)22)11-13-6-5-9-15(19)10-13/h2-12H,1H3,(H,21,22)/b16-11+. The normalized spacial score (nSPS) is 12.7. The number of carbonyl (C=O) groups excluding carboxylic acids is 1. The van der Waals surface area contributed by atoms with E-state index in [1.807, 2.05) is 0 Å². The van der Waals surface area contributed by atoms with Gasteiger partial charge in [-0.15, -0.1) is 0 Å². The topological polar surface area (TPSA) is 54.4 Å². The highest BCUT2D eigenvalue weighted by Gasteiger charge is 2.24. The second-order valence-electron chi connectivity index (χ2n) is 4.91. The van der Waals surface area contributed by atoms with Gasteiger partial charge in [-0.2, -0.15) is 0 Å². The number of carboxylic acid groups (broad SMARTS) is 1. The van der Waals surface area contributed by atoms with Gasteiger partial charge in [-0.1, -0.05) is 49.4 Å². The molecule has 0 radical (unpaired) electrons. The van der Waals surface area contributed by atoms with Crippen LogP contribution in [-0.2, 0) is 4.79 Å². The van der Waals surface area contributed by atoms with E-state index in [1.165, 1.54) is 31.2 Å². The van der Waals surface area contributed by atoms with E-state index in [-0.39, 0.29) is 11.4 Å². The van der Waals surface area contributed by atoms with Gasteiger partial charge in [0.25, 0.3) is 0 Å². The van der Waals surface area contributed by atoms with Crippen LogP contribution in [0.25, 0.3) is 6.08 Å². The molecular formula is C18H15FO3. The first-order chi connectivity index (χ1) is 10.5. The summed E-state index contributed by atoms with van der Waals surface area (Å²) in [6.07, 6.45) is 1.33. The Balaban J connectivity index is 2.36. The first kappa shape index (κ1) is 15.6. The van der Waals surface area contributed by atoms with E-state index in [9.17, 15) is 19.1 Å². The Labute approximate surface area is 127 Å². The molecule has 4 heteroatoms. The van der Waals surface area contributed by atoms with Gasteiger partial charge < -0.3 is 5.11 Å². The molecule has 3 nitrogen and oxygen atoms in total. The fourth-order valence-electron chi connectivity index (χ4n) is 2.14. The summed E-state index contributed by atoms with van der Waals surface area (Å²) in [7, 11) is 0. The molecule has 1 unspecified atom stereocenters. The van der Waals surface area contributed by atoms with Crippen molar-refractivity contribution in [1.82, 2.24) is 0 Å². The molecule has 0 aliphatic heterocycles. The van der Waals surface area contributed by atoms with Crippen LogP contribution in [0.5, 0.6) is 0 Å². The molecule has 0 fully saturated rings. The van der Waals surface area contributed by atoms with Gasteiger partial charge >= 0.3 is 5.97 Å². The molecule has 0 saturated carbocycles. The number of halogens is 1.